The van der Waals surface area contributed by atoms with Gasteiger partial charge in [0.05, 0.1) is 30.1 Å². The molecule has 5 fully saturated rings. The molecule has 196 valence electrons. The molecule has 9 unspecified atom stereocenters. The van der Waals surface area contributed by atoms with Gasteiger partial charge in [-0.05, 0) is 44.4 Å². The predicted molar refractivity (Wildman–Crippen MR) is 142 cm³/mol. The minimum Gasteiger partial charge on any atom is -0.373 e. The van der Waals surface area contributed by atoms with Gasteiger partial charge in [-0.2, -0.15) is 0 Å². The van der Waals surface area contributed by atoms with Crippen LogP contribution in [0.15, 0.2) is 0 Å². The SMILES string of the molecule is CC1CCCCCCC2C1OC1CCCCCCC3OC4CCCCCCCCCC4P2(=O)C31. The highest BCUT2D eigenvalue weighted by molar-refractivity contribution is 7.66. The molecule has 0 aromatic carbocycles. The van der Waals surface area contributed by atoms with Crippen LogP contribution in [0.25, 0.3) is 0 Å². The molecule has 0 aromatic rings. The lowest BCUT2D eigenvalue weighted by atomic mass is 9.93. The van der Waals surface area contributed by atoms with Crippen molar-refractivity contribution in [1.29, 1.82) is 0 Å². The first-order valence-corrected chi connectivity index (χ1v) is 17.5. The van der Waals surface area contributed by atoms with Gasteiger partial charge in [0.15, 0.2) is 0 Å². The minimum absolute atomic E-state index is 0.178. The van der Waals surface area contributed by atoms with Crippen molar-refractivity contribution in [3.05, 3.63) is 0 Å². The molecule has 9 atom stereocenters. The largest absolute Gasteiger partial charge is 0.373 e. The second-order valence-electron chi connectivity index (χ2n) is 12.8. The maximum absolute atomic E-state index is 16.0. The van der Waals surface area contributed by atoms with Crippen molar-refractivity contribution in [3.8, 4) is 0 Å². The van der Waals surface area contributed by atoms with Gasteiger partial charge >= 0.3 is 0 Å². The van der Waals surface area contributed by atoms with Crippen LogP contribution in [0.5, 0.6) is 0 Å². The molecule has 3 nitrogen and oxygen atoms in total. The first kappa shape index (κ1) is 25.8. The molecule has 2 saturated heterocycles. The zero-order valence-electron chi connectivity index (χ0n) is 22.1. The lowest BCUT2D eigenvalue weighted by Gasteiger charge is -2.58. The minimum atomic E-state index is -2.47. The second-order valence-corrected chi connectivity index (χ2v) is 16.2. The summed E-state index contributed by atoms with van der Waals surface area (Å²) in [6, 6.07) is 0. The molecule has 0 N–H and O–H groups in total. The summed E-state index contributed by atoms with van der Waals surface area (Å²) >= 11 is 0. The van der Waals surface area contributed by atoms with Gasteiger partial charge < -0.3 is 14.0 Å². The second kappa shape index (κ2) is 12.1. The lowest BCUT2D eigenvalue weighted by molar-refractivity contribution is -0.112. The molecule has 0 radical (unpaired) electrons. The van der Waals surface area contributed by atoms with E-state index in [1.165, 1.54) is 103 Å². The first-order chi connectivity index (χ1) is 16.7. The fourth-order valence-electron chi connectivity index (χ4n) is 8.68. The zero-order chi connectivity index (χ0) is 23.4. The van der Waals surface area contributed by atoms with Crippen molar-refractivity contribution in [2.45, 2.75) is 183 Å². The number of hydrogen-bond donors (Lipinski definition) is 0. The standard InChI is InChI=1S/C30H53O3P/c1-23-17-11-7-10-16-22-28-29(23)33-26-20-14-9-8-13-19-25-30(26)34(28,31)27-21-15-6-4-2-3-5-12-18-24(27)32-25/h23-30H,2-22H2,1H3. The van der Waals surface area contributed by atoms with Crippen LogP contribution in [0.1, 0.15) is 142 Å². The Morgan fingerprint density at radius 3 is 1.56 bits per heavy atom. The third kappa shape index (κ3) is 5.38. The number of ether oxygens (including phenoxy) is 2. The molecule has 0 aromatic heterocycles. The summed E-state index contributed by atoms with van der Waals surface area (Å²) in [6.45, 7) is 2.43. The molecule has 2 aliphatic heterocycles. The van der Waals surface area contributed by atoms with E-state index in [1.807, 2.05) is 0 Å². The summed E-state index contributed by atoms with van der Waals surface area (Å²) < 4.78 is 30.3. The van der Waals surface area contributed by atoms with Crippen molar-refractivity contribution >= 4 is 7.14 Å². The predicted octanol–water partition coefficient (Wildman–Crippen LogP) is 8.86. The van der Waals surface area contributed by atoms with Crippen LogP contribution in [0.2, 0.25) is 0 Å². The van der Waals surface area contributed by atoms with E-state index in [9.17, 15) is 0 Å². The highest BCUT2D eigenvalue weighted by atomic mass is 31.2. The fourth-order valence-corrected chi connectivity index (χ4v) is 14.3. The first-order valence-electron chi connectivity index (χ1n) is 15.6. The maximum atomic E-state index is 16.0. The molecule has 3 aliphatic carbocycles. The smallest absolute Gasteiger partial charge is 0.107 e. The van der Waals surface area contributed by atoms with Crippen molar-refractivity contribution in [2.75, 3.05) is 0 Å². The van der Waals surface area contributed by atoms with Gasteiger partial charge in [0, 0.05) is 11.3 Å². The van der Waals surface area contributed by atoms with Gasteiger partial charge in [0.1, 0.15) is 7.14 Å². The fraction of sp³-hybridized carbons (Fsp3) is 1.00. The Hall–Kier alpha value is 0.150. The van der Waals surface area contributed by atoms with E-state index < -0.39 is 7.14 Å². The normalized spacial score (nSPS) is 47.4. The summed E-state index contributed by atoms with van der Waals surface area (Å²) in [5.41, 5.74) is 0.789. The van der Waals surface area contributed by atoms with Crippen LogP contribution in [0, 0.1) is 5.92 Å². The summed E-state index contributed by atoms with van der Waals surface area (Å²) in [7, 11) is -2.47. The van der Waals surface area contributed by atoms with E-state index in [0.717, 1.165) is 32.1 Å². The molecular weight excluding hydrogens is 439 g/mol. The molecule has 5 rings (SSSR count). The monoisotopic (exact) mass is 492 g/mol. The van der Waals surface area contributed by atoms with E-state index in [0.29, 0.717) is 17.2 Å². The summed E-state index contributed by atoms with van der Waals surface area (Å²) in [5.74, 6) is 0.546. The van der Waals surface area contributed by atoms with E-state index in [-0.39, 0.29) is 30.1 Å². The molecule has 0 amide bonds. The Balaban J connectivity index is 1.55. The van der Waals surface area contributed by atoms with Crippen LogP contribution in [0.4, 0.5) is 0 Å². The highest BCUT2D eigenvalue weighted by Gasteiger charge is 2.63. The molecule has 0 spiro atoms. The Kier molecular flexibility index (Phi) is 9.20. The van der Waals surface area contributed by atoms with E-state index in [4.69, 9.17) is 9.47 Å². The van der Waals surface area contributed by atoms with Gasteiger partial charge in [0.25, 0.3) is 0 Å². The third-order valence-corrected chi connectivity index (χ3v) is 15.3. The summed E-state index contributed by atoms with van der Waals surface area (Å²) in [6.07, 6.45) is 27.4. The van der Waals surface area contributed by atoms with Crippen molar-refractivity contribution in [3.63, 3.8) is 0 Å². The lowest BCUT2D eigenvalue weighted by Crippen LogP contribution is -2.60. The Labute approximate surface area is 210 Å². The Bertz CT molecular complexity index is 680. The summed E-state index contributed by atoms with van der Waals surface area (Å²) in [4.78, 5) is 0. The third-order valence-electron chi connectivity index (χ3n) is 10.4. The zero-order valence-corrected chi connectivity index (χ0v) is 23.0. The maximum Gasteiger partial charge on any atom is 0.107 e. The molecule has 4 heteroatoms. The number of fused-ring (bicyclic) bond motifs is 4. The highest BCUT2D eigenvalue weighted by Crippen LogP contribution is 2.72. The van der Waals surface area contributed by atoms with Gasteiger partial charge in [-0.25, -0.2) is 0 Å². The summed E-state index contributed by atoms with van der Waals surface area (Å²) in [5, 5.41) is 0. The van der Waals surface area contributed by atoms with E-state index in [1.54, 1.807) is 0 Å². The van der Waals surface area contributed by atoms with E-state index in [2.05, 4.69) is 6.92 Å². The molecule has 0 bridgehead atoms. The van der Waals surface area contributed by atoms with Crippen molar-refractivity contribution in [2.24, 2.45) is 5.92 Å². The van der Waals surface area contributed by atoms with Crippen LogP contribution in [-0.4, -0.2) is 41.4 Å². The van der Waals surface area contributed by atoms with E-state index >= 15 is 4.57 Å². The van der Waals surface area contributed by atoms with Crippen molar-refractivity contribution < 1.29 is 14.0 Å². The average molecular weight is 493 g/mol. The Morgan fingerprint density at radius 2 is 0.941 bits per heavy atom. The quantitative estimate of drug-likeness (QED) is 0.317. The van der Waals surface area contributed by atoms with Crippen LogP contribution in [0.3, 0.4) is 0 Å². The van der Waals surface area contributed by atoms with Crippen LogP contribution in [-0.2, 0) is 14.0 Å². The number of hydrogen-bond acceptors (Lipinski definition) is 3. The van der Waals surface area contributed by atoms with Crippen molar-refractivity contribution in [1.82, 2.24) is 0 Å². The molecular formula is C30H53O3P. The molecule has 5 aliphatic rings. The van der Waals surface area contributed by atoms with Crippen LogP contribution < -0.4 is 0 Å². The Morgan fingerprint density at radius 1 is 0.500 bits per heavy atom. The molecule has 2 heterocycles. The molecule has 3 saturated carbocycles. The van der Waals surface area contributed by atoms with Gasteiger partial charge in [-0.3, -0.25) is 0 Å². The van der Waals surface area contributed by atoms with Gasteiger partial charge in [0.2, 0.25) is 0 Å². The molecule has 34 heavy (non-hydrogen) atoms. The van der Waals surface area contributed by atoms with Gasteiger partial charge in [-0.1, -0.05) is 103 Å². The number of rotatable bonds is 0. The van der Waals surface area contributed by atoms with Gasteiger partial charge in [-0.15, -0.1) is 0 Å². The average Bonchev–Trinajstić information content (AvgIpc) is 2.95. The van der Waals surface area contributed by atoms with Crippen LogP contribution >= 0.6 is 7.14 Å². The topological polar surface area (TPSA) is 35.5 Å².